The van der Waals surface area contributed by atoms with Crippen molar-refractivity contribution in [2.45, 2.75) is 65.2 Å². The van der Waals surface area contributed by atoms with E-state index in [2.05, 4.69) is 28.7 Å². The van der Waals surface area contributed by atoms with Crippen LogP contribution in [0.15, 0.2) is 23.8 Å². The third-order valence-corrected chi connectivity index (χ3v) is 5.87. The number of ether oxygens (including phenoxy) is 1. The summed E-state index contributed by atoms with van der Waals surface area (Å²) < 4.78 is 4.68. The van der Waals surface area contributed by atoms with Crippen LogP contribution in [0, 0.1) is 35.5 Å². The lowest BCUT2D eigenvalue weighted by molar-refractivity contribution is -0.140. The summed E-state index contributed by atoms with van der Waals surface area (Å²) >= 11 is 0. The fraction of sp³-hybridized carbons (Fsp3) is 0.652. The predicted octanol–water partition coefficient (Wildman–Crippen LogP) is 4.87. The lowest BCUT2D eigenvalue weighted by Crippen LogP contribution is -2.10. The summed E-state index contributed by atoms with van der Waals surface area (Å²) in [4.78, 5) is 23.4. The van der Waals surface area contributed by atoms with Gasteiger partial charge < -0.3 is 4.74 Å². The smallest absolute Gasteiger partial charge is 0.305 e. The summed E-state index contributed by atoms with van der Waals surface area (Å²) in [5.74, 6) is 7.92. The molecule has 3 nitrogen and oxygen atoms in total. The largest absolute Gasteiger partial charge is 0.469 e. The van der Waals surface area contributed by atoms with Gasteiger partial charge in [-0.25, -0.2) is 0 Å². The van der Waals surface area contributed by atoms with E-state index >= 15 is 0 Å². The van der Waals surface area contributed by atoms with Gasteiger partial charge in [-0.15, -0.1) is 11.8 Å². The van der Waals surface area contributed by atoms with E-state index in [0.717, 1.165) is 25.2 Å². The Morgan fingerprint density at radius 3 is 2.85 bits per heavy atom. The molecule has 0 amide bonds. The van der Waals surface area contributed by atoms with Crippen LogP contribution >= 0.6 is 0 Å². The lowest BCUT2D eigenvalue weighted by Gasteiger charge is -2.14. The van der Waals surface area contributed by atoms with Crippen LogP contribution in [0.5, 0.6) is 0 Å². The molecule has 0 N–H and O–H groups in total. The van der Waals surface area contributed by atoms with Gasteiger partial charge in [0.05, 0.1) is 7.11 Å². The molecule has 2 unspecified atom stereocenters. The van der Waals surface area contributed by atoms with Crippen molar-refractivity contribution in [1.82, 2.24) is 0 Å². The number of hydrogen-bond acceptors (Lipinski definition) is 3. The Morgan fingerprint density at radius 2 is 2.12 bits per heavy atom. The Bertz CT molecular complexity index is 617. The summed E-state index contributed by atoms with van der Waals surface area (Å²) in [6.45, 7) is 3.77. The van der Waals surface area contributed by atoms with E-state index in [1.165, 1.54) is 26.4 Å². The molecule has 0 heterocycles. The fourth-order valence-electron chi connectivity index (χ4n) is 4.28. The minimum Gasteiger partial charge on any atom is -0.469 e. The number of carbonyl (C=O) groups is 2. The number of esters is 1. The number of ketones is 1. The highest BCUT2D eigenvalue weighted by Gasteiger charge is 2.39. The first kappa shape index (κ1) is 20.5. The summed E-state index contributed by atoms with van der Waals surface area (Å²) in [5.41, 5.74) is 1.54. The molecule has 0 spiro atoms. The molecule has 0 radical (unpaired) electrons. The molecule has 2 aliphatic rings. The zero-order valence-electron chi connectivity index (χ0n) is 16.4. The van der Waals surface area contributed by atoms with Crippen LogP contribution in [0.1, 0.15) is 65.2 Å². The first-order valence-corrected chi connectivity index (χ1v) is 9.91. The van der Waals surface area contributed by atoms with E-state index in [1.807, 2.05) is 19.9 Å². The van der Waals surface area contributed by atoms with Crippen molar-refractivity contribution < 1.29 is 14.3 Å². The first-order chi connectivity index (χ1) is 12.5. The summed E-state index contributed by atoms with van der Waals surface area (Å²) in [6, 6.07) is 0. The monoisotopic (exact) mass is 356 g/mol. The van der Waals surface area contributed by atoms with Crippen molar-refractivity contribution in [2.75, 3.05) is 7.11 Å². The minimum absolute atomic E-state index is 0.00949. The van der Waals surface area contributed by atoms with Crippen LogP contribution in [-0.4, -0.2) is 18.9 Å². The number of carbonyl (C=O) groups excluding carboxylic acids is 2. The highest BCUT2D eigenvalue weighted by atomic mass is 16.5. The quantitative estimate of drug-likeness (QED) is 0.205. The molecule has 0 aromatic carbocycles. The molecule has 4 atom stereocenters. The number of unbranched alkanes of at least 4 members (excludes halogenated alkanes) is 1. The maximum atomic E-state index is 12.2. The SMILES string of the molecule is CC#CCC(C)C(=O)/C=C/[C@H]1CCC2C/C(=C\CCCC(=O)OC)C[C@@H]21. The molecule has 26 heavy (non-hydrogen) atoms. The van der Waals surface area contributed by atoms with Crippen molar-refractivity contribution in [3.8, 4) is 11.8 Å². The van der Waals surface area contributed by atoms with E-state index in [-0.39, 0.29) is 17.7 Å². The van der Waals surface area contributed by atoms with Crippen molar-refractivity contribution in [2.24, 2.45) is 23.7 Å². The molecule has 0 aromatic rings. The third-order valence-electron chi connectivity index (χ3n) is 5.87. The maximum absolute atomic E-state index is 12.2. The van der Waals surface area contributed by atoms with E-state index in [4.69, 9.17) is 0 Å². The van der Waals surface area contributed by atoms with Gasteiger partial charge >= 0.3 is 5.97 Å². The number of fused-ring (bicyclic) bond motifs is 1. The van der Waals surface area contributed by atoms with E-state index in [9.17, 15) is 9.59 Å². The lowest BCUT2D eigenvalue weighted by atomic mass is 9.90. The third kappa shape index (κ3) is 5.87. The van der Waals surface area contributed by atoms with Gasteiger partial charge in [-0.1, -0.05) is 24.6 Å². The van der Waals surface area contributed by atoms with Crippen LogP contribution < -0.4 is 0 Å². The fourth-order valence-corrected chi connectivity index (χ4v) is 4.28. The Balaban J connectivity index is 1.81. The van der Waals surface area contributed by atoms with Gasteiger partial charge in [-0.05, 0) is 69.3 Å². The Kier molecular flexibility index (Phi) is 8.16. The Morgan fingerprint density at radius 1 is 1.31 bits per heavy atom. The van der Waals surface area contributed by atoms with Crippen LogP contribution in [0.3, 0.4) is 0 Å². The average Bonchev–Trinajstić information content (AvgIpc) is 3.21. The molecule has 2 fully saturated rings. The second-order valence-electron chi connectivity index (χ2n) is 7.70. The number of rotatable bonds is 8. The first-order valence-electron chi connectivity index (χ1n) is 9.91. The highest BCUT2D eigenvalue weighted by molar-refractivity contribution is 5.91. The number of hydrogen-bond donors (Lipinski definition) is 0. The topological polar surface area (TPSA) is 43.4 Å². The average molecular weight is 357 g/mol. The van der Waals surface area contributed by atoms with Gasteiger partial charge in [0.2, 0.25) is 0 Å². The van der Waals surface area contributed by atoms with Crippen molar-refractivity contribution in [1.29, 1.82) is 0 Å². The van der Waals surface area contributed by atoms with Crippen molar-refractivity contribution in [3.63, 3.8) is 0 Å². The molecular weight excluding hydrogens is 324 g/mol. The molecule has 142 valence electrons. The van der Waals surface area contributed by atoms with Gasteiger partial charge in [0, 0.05) is 18.8 Å². The van der Waals surface area contributed by atoms with Crippen LogP contribution in [0.2, 0.25) is 0 Å². The van der Waals surface area contributed by atoms with E-state index in [0.29, 0.717) is 24.7 Å². The van der Waals surface area contributed by atoms with E-state index < -0.39 is 0 Å². The normalized spacial score (nSPS) is 27.2. The molecule has 0 aromatic heterocycles. The second-order valence-corrected chi connectivity index (χ2v) is 7.70. The highest BCUT2D eigenvalue weighted by Crippen LogP contribution is 2.50. The Hall–Kier alpha value is -1.82. The van der Waals surface area contributed by atoms with Gasteiger partial charge in [0.1, 0.15) is 0 Å². The molecule has 2 aliphatic carbocycles. The predicted molar refractivity (Wildman–Crippen MR) is 104 cm³/mol. The zero-order valence-corrected chi connectivity index (χ0v) is 16.4. The standard InChI is InChI=1S/C23H32O3/c1-4-5-8-17(2)22(24)14-13-19-11-12-20-15-18(16-21(19)20)9-6-7-10-23(25)26-3/h9,13-14,17,19-21H,6-8,10-12,15-16H2,1-3H3/b14-13+,18-9+/t17?,19-,20?,21-/m1/s1. The molecule has 2 rings (SSSR count). The molecule has 3 heteroatoms. The molecule has 0 aliphatic heterocycles. The number of allylic oxidation sites excluding steroid dienone is 4. The summed E-state index contributed by atoms with van der Waals surface area (Å²) in [6.07, 6.45) is 14.1. The van der Waals surface area contributed by atoms with Crippen molar-refractivity contribution >= 4 is 11.8 Å². The molecule has 2 saturated carbocycles. The van der Waals surface area contributed by atoms with Crippen LogP contribution in [-0.2, 0) is 14.3 Å². The second kappa shape index (κ2) is 10.4. The molecule has 0 saturated heterocycles. The summed E-state index contributed by atoms with van der Waals surface area (Å²) in [7, 11) is 1.44. The van der Waals surface area contributed by atoms with Gasteiger partial charge in [-0.3, -0.25) is 9.59 Å². The number of methoxy groups -OCH3 is 1. The molecular formula is C23H32O3. The maximum Gasteiger partial charge on any atom is 0.305 e. The van der Waals surface area contributed by atoms with Crippen LogP contribution in [0.4, 0.5) is 0 Å². The van der Waals surface area contributed by atoms with Crippen molar-refractivity contribution in [3.05, 3.63) is 23.8 Å². The van der Waals surface area contributed by atoms with Gasteiger partial charge in [0.25, 0.3) is 0 Å². The Labute approximate surface area is 158 Å². The van der Waals surface area contributed by atoms with E-state index in [1.54, 1.807) is 5.57 Å². The van der Waals surface area contributed by atoms with Crippen LogP contribution in [0.25, 0.3) is 0 Å². The minimum atomic E-state index is -0.124. The van der Waals surface area contributed by atoms with Gasteiger partial charge in [-0.2, -0.15) is 0 Å². The van der Waals surface area contributed by atoms with Gasteiger partial charge in [0.15, 0.2) is 5.78 Å². The zero-order chi connectivity index (χ0) is 18.9. The molecule has 0 bridgehead atoms. The summed E-state index contributed by atoms with van der Waals surface area (Å²) in [5, 5.41) is 0.